The molecule has 0 amide bonds. The number of aromatic nitrogens is 2. The van der Waals surface area contributed by atoms with Gasteiger partial charge < -0.3 is 5.11 Å². The first-order valence-corrected chi connectivity index (χ1v) is 7.85. The summed E-state index contributed by atoms with van der Waals surface area (Å²) in [6.07, 6.45) is 0. The molecule has 0 spiro atoms. The highest BCUT2D eigenvalue weighted by Gasteiger charge is 2.25. The predicted molar refractivity (Wildman–Crippen MR) is 65.2 cm³/mol. The number of hydrogen-bond acceptors (Lipinski definition) is 7. The number of carboxylic acids is 1. The fourth-order valence-corrected chi connectivity index (χ4v) is 3.87. The lowest BCUT2D eigenvalue weighted by Crippen LogP contribution is -2.24. The summed E-state index contributed by atoms with van der Waals surface area (Å²) < 4.78 is 25.8. The van der Waals surface area contributed by atoms with Crippen LogP contribution in [0, 0.1) is 0 Å². The minimum Gasteiger partial charge on any atom is -0.476 e. The van der Waals surface area contributed by atoms with Gasteiger partial charge in [0.1, 0.15) is 0 Å². The monoisotopic (exact) mass is 305 g/mol. The van der Waals surface area contributed by atoms with Gasteiger partial charge in [-0.05, 0) is 0 Å². The number of sulfonamides is 1. The molecule has 18 heavy (non-hydrogen) atoms. The molecule has 0 aromatic carbocycles. The van der Waals surface area contributed by atoms with E-state index in [2.05, 4.69) is 14.7 Å². The van der Waals surface area contributed by atoms with Gasteiger partial charge in [-0.3, -0.25) is 0 Å². The molecule has 2 aromatic heterocycles. The van der Waals surface area contributed by atoms with Crippen molar-refractivity contribution in [2.75, 3.05) is 0 Å². The molecule has 0 aliphatic carbocycles. The van der Waals surface area contributed by atoms with Crippen LogP contribution in [0.4, 0.5) is 0 Å². The summed E-state index contributed by atoms with van der Waals surface area (Å²) in [5, 5.41) is 10.5. The molecule has 2 rings (SSSR count). The van der Waals surface area contributed by atoms with Gasteiger partial charge in [0, 0.05) is 5.38 Å². The maximum atomic E-state index is 11.9. The molecule has 0 fully saturated rings. The molecule has 7 nitrogen and oxygen atoms in total. The summed E-state index contributed by atoms with van der Waals surface area (Å²) in [7, 11) is -3.88. The summed E-state index contributed by atoms with van der Waals surface area (Å²) in [5.41, 5.74) is 2.87. The molecule has 0 atom stereocenters. The van der Waals surface area contributed by atoms with E-state index in [0.29, 0.717) is 5.69 Å². The average molecular weight is 305 g/mol. The molecule has 2 heterocycles. The molecule has 2 aromatic rings. The molecule has 0 radical (unpaired) electrons. The third-order valence-electron chi connectivity index (χ3n) is 1.91. The summed E-state index contributed by atoms with van der Waals surface area (Å²) in [4.78, 5) is 18.2. The number of rotatable bonds is 5. The normalized spacial score (nSPS) is 11.6. The van der Waals surface area contributed by atoms with E-state index in [0.717, 1.165) is 11.3 Å². The molecule has 0 saturated carbocycles. The highest BCUT2D eigenvalue weighted by molar-refractivity contribution is 7.91. The van der Waals surface area contributed by atoms with Crippen molar-refractivity contribution in [3.8, 4) is 0 Å². The summed E-state index contributed by atoms with van der Waals surface area (Å²) in [6, 6.07) is 0. The van der Waals surface area contributed by atoms with E-state index in [9.17, 15) is 13.2 Å². The number of carboxylic acid groups (broad SMARTS) is 1. The summed E-state index contributed by atoms with van der Waals surface area (Å²) in [6.45, 7) is 0.0167. The summed E-state index contributed by atoms with van der Waals surface area (Å²) >= 11 is 2.11. The van der Waals surface area contributed by atoms with Crippen molar-refractivity contribution in [1.82, 2.24) is 14.7 Å². The Kier molecular flexibility index (Phi) is 3.71. The zero-order valence-electron chi connectivity index (χ0n) is 8.73. The second-order valence-corrected chi connectivity index (χ2v) is 6.63. The van der Waals surface area contributed by atoms with Crippen LogP contribution < -0.4 is 4.72 Å². The van der Waals surface area contributed by atoms with Crippen LogP contribution in [0.15, 0.2) is 20.6 Å². The van der Waals surface area contributed by atoms with Gasteiger partial charge in [0.15, 0.2) is 9.90 Å². The Morgan fingerprint density at radius 2 is 2.17 bits per heavy atom. The van der Waals surface area contributed by atoms with Crippen LogP contribution in [0.5, 0.6) is 0 Å². The molecule has 10 heteroatoms. The van der Waals surface area contributed by atoms with Gasteiger partial charge in [-0.15, -0.1) is 22.7 Å². The fraction of sp³-hybridized carbons (Fsp3) is 0.125. The SMILES string of the molecule is O=C(O)c1ncsc1S(=O)(=O)NCc1cscn1. The van der Waals surface area contributed by atoms with Crippen LogP contribution >= 0.6 is 22.7 Å². The maximum absolute atomic E-state index is 11.9. The Hall–Kier alpha value is -1.36. The van der Waals surface area contributed by atoms with E-state index >= 15 is 0 Å². The number of hydrogen-bond donors (Lipinski definition) is 2. The third kappa shape index (κ3) is 2.72. The van der Waals surface area contributed by atoms with Crippen molar-refractivity contribution in [3.63, 3.8) is 0 Å². The second-order valence-electron chi connectivity index (χ2n) is 3.10. The number of aromatic carboxylic acids is 1. The van der Waals surface area contributed by atoms with Gasteiger partial charge >= 0.3 is 5.97 Å². The molecular weight excluding hydrogens is 298 g/mol. The highest BCUT2D eigenvalue weighted by atomic mass is 32.2. The number of nitrogens with one attached hydrogen (secondary N) is 1. The third-order valence-corrected chi connectivity index (χ3v) is 5.31. The van der Waals surface area contributed by atoms with Gasteiger partial charge in [0.25, 0.3) is 10.0 Å². The Labute approximate surface area is 110 Å². The summed E-state index contributed by atoms with van der Waals surface area (Å²) in [5.74, 6) is -1.37. The van der Waals surface area contributed by atoms with Crippen LogP contribution in [0.25, 0.3) is 0 Å². The molecule has 0 bridgehead atoms. The van der Waals surface area contributed by atoms with E-state index in [1.54, 1.807) is 10.9 Å². The van der Waals surface area contributed by atoms with Crippen molar-refractivity contribution in [3.05, 3.63) is 27.8 Å². The Morgan fingerprint density at radius 3 is 2.78 bits per heavy atom. The van der Waals surface area contributed by atoms with Crippen molar-refractivity contribution in [1.29, 1.82) is 0 Å². The lowest BCUT2D eigenvalue weighted by Gasteiger charge is -2.03. The van der Waals surface area contributed by atoms with Crippen LogP contribution in [0.1, 0.15) is 16.2 Å². The lowest BCUT2D eigenvalue weighted by molar-refractivity contribution is 0.0687. The topological polar surface area (TPSA) is 109 Å². The van der Waals surface area contributed by atoms with Gasteiger partial charge in [0.2, 0.25) is 0 Å². The van der Waals surface area contributed by atoms with E-state index in [-0.39, 0.29) is 10.8 Å². The molecule has 2 N–H and O–H groups in total. The van der Waals surface area contributed by atoms with Crippen LogP contribution in [0.2, 0.25) is 0 Å². The fourth-order valence-electron chi connectivity index (χ4n) is 1.13. The van der Waals surface area contributed by atoms with Crippen LogP contribution in [-0.2, 0) is 16.6 Å². The van der Waals surface area contributed by atoms with Crippen molar-refractivity contribution in [2.24, 2.45) is 0 Å². The minimum absolute atomic E-state index is 0.0167. The largest absolute Gasteiger partial charge is 0.476 e. The molecule has 0 aliphatic heterocycles. The van der Waals surface area contributed by atoms with Crippen molar-refractivity contribution in [2.45, 2.75) is 10.8 Å². The molecule has 0 saturated heterocycles. The van der Waals surface area contributed by atoms with Gasteiger partial charge in [-0.25, -0.2) is 27.9 Å². The number of thiazole rings is 2. The predicted octanol–water partition coefficient (Wildman–Crippen LogP) is 0.776. The second kappa shape index (κ2) is 5.10. The Balaban J connectivity index is 2.20. The van der Waals surface area contributed by atoms with E-state index in [1.807, 2.05) is 0 Å². The van der Waals surface area contributed by atoms with Gasteiger partial charge in [-0.2, -0.15) is 0 Å². The standard InChI is InChI=1S/C8H7N3O4S3/c12-7(13)6-8(17-4-10-6)18(14,15)11-1-5-2-16-3-9-5/h2-4,11H,1H2,(H,12,13). The van der Waals surface area contributed by atoms with Crippen LogP contribution in [-0.4, -0.2) is 29.5 Å². The zero-order chi connectivity index (χ0) is 13.2. The minimum atomic E-state index is -3.88. The van der Waals surface area contributed by atoms with Crippen molar-refractivity contribution < 1.29 is 18.3 Å². The Morgan fingerprint density at radius 1 is 1.39 bits per heavy atom. The van der Waals surface area contributed by atoms with Gasteiger partial charge in [0.05, 0.1) is 23.3 Å². The lowest BCUT2D eigenvalue weighted by atomic mass is 10.5. The van der Waals surface area contributed by atoms with E-state index < -0.39 is 21.7 Å². The maximum Gasteiger partial charge on any atom is 0.356 e. The van der Waals surface area contributed by atoms with E-state index in [1.165, 1.54) is 16.8 Å². The molecular formula is C8H7N3O4S3. The average Bonchev–Trinajstić information content (AvgIpc) is 2.98. The first kappa shape index (κ1) is 13.1. The number of nitrogens with zero attached hydrogens (tertiary/aromatic N) is 2. The van der Waals surface area contributed by atoms with E-state index in [4.69, 9.17) is 5.11 Å². The smallest absolute Gasteiger partial charge is 0.356 e. The van der Waals surface area contributed by atoms with Crippen LogP contribution in [0.3, 0.4) is 0 Å². The first-order chi connectivity index (χ1) is 8.50. The quantitative estimate of drug-likeness (QED) is 0.844. The zero-order valence-corrected chi connectivity index (χ0v) is 11.2. The molecule has 96 valence electrons. The highest BCUT2D eigenvalue weighted by Crippen LogP contribution is 2.20. The Bertz CT molecular complexity index is 647. The number of carbonyl (C=O) groups is 1. The first-order valence-electron chi connectivity index (χ1n) is 4.54. The van der Waals surface area contributed by atoms with Gasteiger partial charge in [-0.1, -0.05) is 0 Å². The molecule has 0 aliphatic rings. The molecule has 0 unspecified atom stereocenters. The van der Waals surface area contributed by atoms with Crippen molar-refractivity contribution >= 4 is 38.7 Å².